The minimum absolute atomic E-state index is 0.170. The van der Waals surface area contributed by atoms with Crippen molar-refractivity contribution in [2.75, 3.05) is 0 Å². The molecular weight excluding hydrogens is 156 g/mol. The summed E-state index contributed by atoms with van der Waals surface area (Å²) in [7, 11) is 0. The Morgan fingerprint density at radius 2 is 2.42 bits per heavy atom. The molecule has 2 N–H and O–H groups in total. The summed E-state index contributed by atoms with van der Waals surface area (Å²) in [6, 6.07) is 3.19. The molecule has 0 aliphatic carbocycles. The molecule has 0 saturated heterocycles. The van der Waals surface area contributed by atoms with Crippen molar-refractivity contribution in [3.8, 4) is 0 Å². The zero-order chi connectivity index (χ0) is 8.97. The molecule has 0 aromatic carbocycles. The molecule has 4 heteroatoms. The number of nitrogens with one attached hydrogen (secondary N) is 1. The summed E-state index contributed by atoms with van der Waals surface area (Å²) in [6.07, 6.45) is 3.12. The molecule has 0 aliphatic rings. The average Bonchev–Trinajstić information content (AvgIpc) is 2.17. The Bertz CT molecular complexity index is 292. The molecule has 0 spiro atoms. The summed E-state index contributed by atoms with van der Waals surface area (Å²) in [5.74, 6) is -0.620. The lowest BCUT2D eigenvalue weighted by atomic mass is 10.2. The van der Waals surface area contributed by atoms with E-state index in [2.05, 4.69) is 11.6 Å². The molecule has 0 radical (unpaired) electrons. The smallest absolute Gasteiger partial charge is 0.288 e. The summed E-state index contributed by atoms with van der Waals surface area (Å²) >= 11 is 0. The van der Waals surface area contributed by atoms with Crippen LogP contribution in [0.15, 0.2) is 24.9 Å². The van der Waals surface area contributed by atoms with E-state index in [1.807, 2.05) is 0 Å². The summed E-state index contributed by atoms with van der Waals surface area (Å²) in [4.78, 5) is 14.5. The van der Waals surface area contributed by atoms with E-state index in [0.29, 0.717) is 0 Å². The maximum Gasteiger partial charge on any atom is 0.293 e. The number of pyridine rings is 1. The molecule has 1 rings (SSSR count). The summed E-state index contributed by atoms with van der Waals surface area (Å²) in [6.45, 7) is 3.54. The van der Waals surface area contributed by atoms with Crippen LogP contribution in [0.25, 0.3) is 6.08 Å². The van der Waals surface area contributed by atoms with Crippen LogP contribution in [0.5, 0.6) is 0 Å². The van der Waals surface area contributed by atoms with Gasteiger partial charge in [-0.1, -0.05) is 18.7 Å². The predicted molar refractivity (Wildman–Crippen MR) is 43.6 cm³/mol. The highest BCUT2D eigenvalue weighted by atomic mass is 16.5. The summed E-state index contributed by atoms with van der Waals surface area (Å²) < 4.78 is 0. The molecule has 4 nitrogen and oxygen atoms in total. The van der Waals surface area contributed by atoms with E-state index in [-0.39, 0.29) is 5.69 Å². The Labute approximate surface area is 69.5 Å². The van der Waals surface area contributed by atoms with Gasteiger partial charge in [-0.25, -0.2) is 5.48 Å². The van der Waals surface area contributed by atoms with Crippen molar-refractivity contribution in [3.63, 3.8) is 0 Å². The van der Waals surface area contributed by atoms with E-state index in [4.69, 9.17) is 5.21 Å². The van der Waals surface area contributed by atoms with Gasteiger partial charge in [-0.05, 0) is 11.6 Å². The third-order valence-corrected chi connectivity index (χ3v) is 1.36. The van der Waals surface area contributed by atoms with Crippen LogP contribution in [-0.2, 0) is 0 Å². The summed E-state index contributed by atoms with van der Waals surface area (Å²) in [5, 5.41) is 8.26. The van der Waals surface area contributed by atoms with Gasteiger partial charge < -0.3 is 0 Å². The molecule has 62 valence electrons. The van der Waals surface area contributed by atoms with E-state index in [1.165, 1.54) is 17.7 Å². The van der Waals surface area contributed by atoms with Gasteiger partial charge in [-0.2, -0.15) is 0 Å². The lowest BCUT2D eigenvalue weighted by molar-refractivity contribution is 0.0701. The normalized spacial score (nSPS) is 9.08. The fraction of sp³-hybridized carbons (Fsp3) is 0. The van der Waals surface area contributed by atoms with Gasteiger partial charge in [0.2, 0.25) is 0 Å². The van der Waals surface area contributed by atoms with E-state index < -0.39 is 5.91 Å². The number of hydrogen-bond acceptors (Lipinski definition) is 3. The zero-order valence-electron chi connectivity index (χ0n) is 6.32. The average molecular weight is 164 g/mol. The SMILES string of the molecule is C=Cc1ccc(C(=O)NO)nc1. The second-order valence-electron chi connectivity index (χ2n) is 2.12. The van der Waals surface area contributed by atoms with Gasteiger partial charge >= 0.3 is 0 Å². The first kappa shape index (κ1) is 8.42. The minimum atomic E-state index is -0.620. The first-order valence-electron chi connectivity index (χ1n) is 3.31. The Kier molecular flexibility index (Phi) is 2.55. The topological polar surface area (TPSA) is 62.2 Å². The van der Waals surface area contributed by atoms with Gasteiger partial charge in [0.15, 0.2) is 0 Å². The molecule has 0 fully saturated rings. The van der Waals surface area contributed by atoms with Crippen molar-refractivity contribution < 1.29 is 10.0 Å². The number of hydrogen-bond donors (Lipinski definition) is 2. The van der Waals surface area contributed by atoms with Crippen LogP contribution in [0.2, 0.25) is 0 Å². The van der Waals surface area contributed by atoms with E-state index in [1.54, 1.807) is 12.1 Å². The number of aromatic nitrogens is 1. The van der Waals surface area contributed by atoms with Crippen LogP contribution in [-0.4, -0.2) is 16.1 Å². The lowest BCUT2D eigenvalue weighted by Crippen LogP contribution is -2.19. The number of rotatable bonds is 2. The highest BCUT2D eigenvalue weighted by Gasteiger charge is 2.03. The predicted octanol–water partition coefficient (Wildman–Crippen LogP) is 0.844. The van der Waals surface area contributed by atoms with E-state index >= 15 is 0 Å². The maximum absolute atomic E-state index is 10.8. The lowest BCUT2D eigenvalue weighted by Gasteiger charge is -1.97. The van der Waals surface area contributed by atoms with Crippen LogP contribution < -0.4 is 5.48 Å². The molecule has 1 amide bonds. The number of hydroxylamine groups is 1. The Hall–Kier alpha value is -1.68. The first-order chi connectivity index (χ1) is 5.77. The molecule has 0 unspecified atom stereocenters. The van der Waals surface area contributed by atoms with Crippen LogP contribution in [0.1, 0.15) is 16.1 Å². The van der Waals surface area contributed by atoms with Gasteiger partial charge in [-0.15, -0.1) is 0 Å². The molecular formula is C8H8N2O2. The van der Waals surface area contributed by atoms with Crippen molar-refractivity contribution in [2.45, 2.75) is 0 Å². The molecule has 0 atom stereocenters. The van der Waals surface area contributed by atoms with Gasteiger partial charge in [0.05, 0.1) is 0 Å². The molecule has 12 heavy (non-hydrogen) atoms. The quantitative estimate of drug-likeness (QED) is 0.503. The summed E-state index contributed by atoms with van der Waals surface area (Å²) in [5.41, 5.74) is 2.48. The molecule has 0 bridgehead atoms. The maximum atomic E-state index is 10.8. The molecule has 1 heterocycles. The number of carbonyl (C=O) groups excluding carboxylic acids is 1. The third kappa shape index (κ3) is 1.67. The first-order valence-corrected chi connectivity index (χ1v) is 3.31. The molecule has 0 saturated carbocycles. The number of nitrogens with zero attached hydrogens (tertiary/aromatic N) is 1. The highest BCUT2D eigenvalue weighted by Crippen LogP contribution is 2.00. The van der Waals surface area contributed by atoms with Crippen molar-refractivity contribution in [2.24, 2.45) is 0 Å². The van der Waals surface area contributed by atoms with E-state index in [0.717, 1.165) is 5.56 Å². The van der Waals surface area contributed by atoms with Crippen molar-refractivity contribution in [3.05, 3.63) is 36.2 Å². The fourth-order valence-electron chi connectivity index (χ4n) is 0.718. The van der Waals surface area contributed by atoms with Crippen LogP contribution in [0, 0.1) is 0 Å². The number of amides is 1. The Morgan fingerprint density at radius 3 is 2.83 bits per heavy atom. The second kappa shape index (κ2) is 3.64. The van der Waals surface area contributed by atoms with Crippen LogP contribution in [0.3, 0.4) is 0 Å². The Morgan fingerprint density at radius 1 is 1.67 bits per heavy atom. The van der Waals surface area contributed by atoms with Crippen molar-refractivity contribution in [1.82, 2.24) is 10.5 Å². The number of carbonyl (C=O) groups is 1. The standard InChI is InChI=1S/C8H8N2O2/c1-2-6-3-4-7(9-5-6)8(11)10-12/h2-5,12H,1H2,(H,10,11). The Balaban J connectivity index is 2.91. The fourth-order valence-corrected chi connectivity index (χ4v) is 0.718. The molecule has 1 aromatic rings. The largest absolute Gasteiger partial charge is 0.293 e. The highest BCUT2D eigenvalue weighted by molar-refractivity contribution is 5.91. The zero-order valence-corrected chi connectivity index (χ0v) is 6.32. The minimum Gasteiger partial charge on any atom is -0.288 e. The molecule has 1 aromatic heterocycles. The molecule has 0 aliphatic heterocycles. The van der Waals surface area contributed by atoms with Crippen LogP contribution in [0.4, 0.5) is 0 Å². The van der Waals surface area contributed by atoms with Gasteiger partial charge in [0.1, 0.15) is 5.69 Å². The van der Waals surface area contributed by atoms with Gasteiger partial charge in [-0.3, -0.25) is 15.0 Å². The van der Waals surface area contributed by atoms with Gasteiger partial charge in [0.25, 0.3) is 5.91 Å². The monoisotopic (exact) mass is 164 g/mol. The van der Waals surface area contributed by atoms with Crippen LogP contribution >= 0.6 is 0 Å². The van der Waals surface area contributed by atoms with Crippen molar-refractivity contribution in [1.29, 1.82) is 0 Å². The van der Waals surface area contributed by atoms with Gasteiger partial charge in [0, 0.05) is 6.20 Å². The third-order valence-electron chi connectivity index (χ3n) is 1.36. The van der Waals surface area contributed by atoms with E-state index in [9.17, 15) is 4.79 Å². The van der Waals surface area contributed by atoms with Crippen molar-refractivity contribution >= 4 is 12.0 Å². The second-order valence-corrected chi connectivity index (χ2v) is 2.12.